The summed E-state index contributed by atoms with van der Waals surface area (Å²) in [5.74, 6) is 2.43. The van der Waals surface area contributed by atoms with E-state index in [2.05, 4.69) is 21.0 Å². The number of rotatable bonds is 3. The number of ether oxygens (including phenoxy) is 2. The van der Waals surface area contributed by atoms with Crippen molar-refractivity contribution in [3.05, 3.63) is 62.6 Å². The Morgan fingerprint density at radius 3 is 2.67 bits per heavy atom. The van der Waals surface area contributed by atoms with Gasteiger partial charge in [0, 0.05) is 10.4 Å². The van der Waals surface area contributed by atoms with Crippen LogP contribution in [-0.4, -0.2) is 29.1 Å². The van der Waals surface area contributed by atoms with E-state index >= 15 is 0 Å². The van der Waals surface area contributed by atoms with Crippen molar-refractivity contribution in [3.8, 4) is 11.5 Å². The van der Waals surface area contributed by atoms with Crippen LogP contribution in [0.5, 0.6) is 11.5 Å². The van der Waals surface area contributed by atoms with Crippen molar-refractivity contribution in [2.45, 2.75) is 38.0 Å². The van der Waals surface area contributed by atoms with Crippen LogP contribution in [0.4, 0.5) is 0 Å². The van der Waals surface area contributed by atoms with Crippen molar-refractivity contribution in [1.82, 2.24) is 9.66 Å². The van der Waals surface area contributed by atoms with E-state index in [1.807, 2.05) is 36.4 Å². The zero-order valence-electron chi connectivity index (χ0n) is 16.5. The topological polar surface area (TPSA) is 65.7 Å². The molecule has 0 atom stereocenters. The lowest BCUT2D eigenvalue weighted by Crippen LogP contribution is -2.25. The monoisotopic (exact) mass is 467 g/mol. The van der Waals surface area contributed by atoms with Crippen LogP contribution in [0.2, 0.25) is 0 Å². The van der Waals surface area contributed by atoms with Crippen LogP contribution in [0.1, 0.15) is 49.4 Å². The second-order valence-corrected chi connectivity index (χ2v) is 8.65. The maximum absolute atomic E-state index is 13.3. The standard InChI is InChI=1S/C23H22BrN3O3/c24-17-7-8-19-18(13-17)23(28)27(22(26-19)16-4-2-1-3-5-16)25-14-15-6-9-20-21(12-15)30-11-10-29-20/h6-9,12-14,16H,1-5,10-11H2. The number of hydrogen-bond donors (Lipinski definition) is 0. The smallest absolute Gasteiger partial charge is 0.282 e. The summed E-state index contributed by atoms with van der Waals surface area (Å²) >= 11 is 3.46. The van der Waals surface area contributed by atoms with E-state index < -0.39 is 0 Å². The first-order chi connectivity index (χ1) is 14.7. The first kappa shape index (κ1) is 19.3. The van der Waals surface area contributed by atoms with Gasteiger partial charge in [0.1, 0.15) is 19.0 Å². The van der Waals surface area contributed by atoms with Gasteiger partial charge in [-0.15, -0.1) is 0 Å². The molecule has 1 aliphatic carbocycles. The molecule has 2 aliphatic rings. The number of fused-ring (bicyclic) bond motifs is 2. The second-order valence-electron chi connectivity index (χ2n) is 7.73. The average molecular weight is 468 g/mol. The summed E-state index contributed by atoms with van der Waals surface area (Å²) in [7, 11) is 0. The van der Waals surface area contributed by atoms with E-state index in [0.717, 1.165) is 52.8 Å². The Morgan fingerprint density at radius 1 is 1.03 bits per heavy atom. The molecular weight excluding hydrogens is 446 g/mol. The Hall–Kier alpha value is -2.67. The van der Waals surface area contributed by atoms with E-state index in [1.165, 1.54) is 11.1 Å². The lowest BCUT2D eigenvalue weighted by atomic mass is 9.88. The van der Waals surface area contributed by atoms with Gasteiger partial charge < -0.3 is 9.47 Å². The van der Waals surface area contributed by atoms with Crippen molar-refractivity contribution in [1.29, 1.82) is 0 Å². The minimum atomic E-state index is -0.143. The fourth-order valence-corrected chi connectivity index (χ4v) is 4.53. The van der Waals surface area contributed by atoms with Crippen molar-refractivity contribution in [2.24, 2.45) is 5.10 Å². The highest BCUT2D eigenvalue weighted by Crippen LogP contribution is 2.32. The van der Waals surface area contributed by atoms with E-state index in [9.17, 15) is 4.79 Å². The molecule has 1 saturated carbocycles. The molecule has 30 heavy (non-hydrogen) atoms. The predicted molar refractivity (Wildman–Crippen MR) is 120 cm³/mol. The van der Waals surface area contributed by atoms with Crippen LogP contribution < -0.4 is 15.0 Å². The van der Waals surface area contributed by atoms with Crippen molar-refractivity contribution in [2.75, 3.05) is 13.2 Å². The molecule has 154 valence electrons. The first-order valence-corrected chi connectivity index (χ1v) is 11.1. The molecule has 1 aromatic heterocycles. The SMILES string of the molecule is O=c1c2cc(Br)ccc2nc(C2CCCCC2)n1N=Cc1ccc2c(c1)OCCO2. The minimum absolute atomic E-state index is 0.143. The molecule has 0 spiro atoms. The first-order valence-electron chi connectivity index (χ1n) is 10.4. The van der Waals surface area contributed by atoms with Crippen LogP contribution in [0.15, 0.2) is 50.8 Å². The summed E-state index contributed by atoms with van der Waals surface area (Å²) < 4.78 is 13.6. The zero-order valence-corrected chi connectivity index (χ0v) is 18.1. The highest BCUT2D eigenvalue weighted by molar-refractivity contribution is 9.10. The number of nitrogens with zero attached hydrogens (tertiary/aromatic N) is 3. The molecule has 1 aliphatic heterocycles. The molecular formula is C23H22BrN3O3. The molecule has 0 N–H and O–H groups in total. The van der Waals surface area contributed by atoms with Crippen molar-refractivity contribution >= 4 is 33.0 Å². The van der Waals surface area contributed by atoms with Gasteiger partial charge >= 0.3 is 0 Å². The highest BCUT2D eigenvalue weighted by Gasteiger charge is 2.22. The lowest BCUT2D eigenvalue weighted by Gasteiger charge is -2.22. The van der Waals surface area contributed by atoms with Crippen molar-refractivity contribution < 1.29 is 9.47 Å². The third-order valence-electron chi connectivity index (χ3n) is 5.69. The minimum Gasteiger partial charge on any atom is -0.486 e. The van der Waals surface area contributed by atoms with Gasteiger partial charge in [-0.2, -0.15) is 9.78 Å². The summed E-state index contributed by atoms with van der Waals surface area (Å²) in [6.45, 7) is 1.08. The summed E-state index contributed by atoms with van der Waals surface area (Å²) in [6.07, 6.45) is 7.32. The fraction of sp³-hybridized carbons (Fsp3) is 0.348. The molecule has 2 aromatic carbocycles. The molecule has 3 aromatic rings. The molecule has 0 unspecified atom stereocenters. The highest BCUT2D eigenvalue weighted by atomic mass is 79.9. The van der Waals surface area contributed by atoms with Crippen LogP contribution in [0.3, 0.4) is 0 Å². The molecule has 0 radical (unpaired) electrons. The Bertz CT molecular complexity index is 1180. The summed E-state index contributed by atoms with van der Waals surface area (Å²) in [4.78, 5) is 18.2. The fourth-order valence-electron chi connectivity index (χ4n) is 4.17. The van der Waals surface area contributed by atoms with Gasteiger partial charge in [0.15, 0.2) is 11.5 Å². The number of aromatic nitrogens is 2. The lowest BCUT2D eigenvalue weighted by molar-refractivity contribution is 0.171. The maximum Gasteiger partial charge on any atom is 0.282 e. The molecule has 6 nitrogen and oxygen atoms in total. The Balaban J connectivity index is 1.60. The molecule has 0 saturated heterocycles. The Labute approximate surface area is 182 Å². The maximum atomic E-state index is 13.3. The Kier molecular flexibility index (Phi) is 5.29. The van der Waals surface area contributed by atoms with Gasteiger partial charge in [0.2, 0.25) is 0 Å². The summed E-state index contributed by atoms with van der Waals surface area (Å²) in [5.41, 5.74) is 1.42. The van der Waals surface area contributed by atoms with E-state index in [4.69, 9.17) is 14.5 Å². The molecule has 1 fully saturated rings. The van der Waals surface area contributed by atoms with E-state index in [0.29, 0.717) is 24.3 Å². The van der Waals surface area contributed by atoms with Gasteiger partial charge in [-0.05, 0) is 54.8 Å². The van der Waals surface area contributed by atoms with Gasteiger partial charge in [-0.3, -0.25) is 4.79 Å². The zero-order chi connectivity index (χ0) is 20.5. The molecule has 0 amide bonds. The Morgan fingerprint density at radius 2 is 1.83 bits per heavy atom. The third kappa shape index (κ3) is 3.74. The molecule has 0 bridgehead atoms. The molecule has 7 heteroatoms. The second kappa shape index (κ2) is 8.22. The largest absolute Gasteiger partial charge is 0.486 e. The number of benzene rings is 2. The summed E-state index contributed by atoms with van der Waals surface area (Å²) in [6, 6.07) is 11.3. The van der Waals surface area contributed by atoms with Gasteiger partial charge in [-0.1, -0.05) is 35.2 Å². The van der Waals surface area contributed by atoms with Crippen LogP contribution in [0, 0.1) is 0 Å². The number of halogens is 1. The molecule has 5 rings (SSSR count). The molecule has 2 heterocycles. The van der Waals surface area contributed by atoms with E-state index in [-0.39, 0.29) is 11.5 Å². The quantitative estimate of drug-likeness (QED) is 0.515. The number of hydrogen-bond acceptors (Lipinski definition) is 5. The van der Waals surface area contributed by atoms with Gasteiger partial charge in [0.25, 0.3) is 5.56 Å². The predicted octanol–water partition coefficient (Wildman–Crippen LogP) is 4.86. The normalized spacial score (nSPS) is 17.0. The van der Waals surface area contributed by atoms with Crippen LogP contribution in [-0.2, 0) is 0 Å². The van der Waals surface area contributed by atoms with Gasteiger partial charge in [0.05, 0.1) is 17.1 Å². The van der Waals surface area contributed by atoms with Crippen molar-refractivity contribution in [3.63, 3.8) is 0 Å². The van der Waals surface area contributed by atoms with Crippen LogP contribution in [0.25, 0.3) is 10.9 Å². The van der Waals surface area contributed by atoms with Crippen LogP contribution >= 0.6 is 15.9 Å². The van der Waals surface area contributed by atoms with Gasteiger partial charge in [-0.25, -0.2) is 4.98 Å². The summed E-state index contributed by atoms with van der Waals surface area (Å²) in [5, 5.41) is 5.14. The van der Waals surface area contributed by atoms with E-state index in [1.54, 1.807) is 6.21 Å². The third-order valence-corrected chi connectivity index (χ3v) is 6.19. The average Bonchev–Trinajstić information content (AvgIpc) is 2.79.